The van der Waals surface area contributed by atoms with Gasteiger partial charge >= 0.3 is 0 Å². The molecule has 0 aromatic rings. The number of carbonyl (C=O) groups excluding carboxylic acids is 2. The van der Waals surface area contributed by atoms with Gasteiger partial charge in [0.1, 0.15) is 5.76 Å². The third-order valence-electron chi connectivity index (χ3n) is 4.71. The minimum atomic E-state index is -0.561. The van der Waals surface area contributed by atoms with Crippen LogP contribution in [0.4, 0.5) is 0 Å². The van der Waals surface area contributed by atoms with Crippen LogP contribution in [0.3, 0.4) is 0 Å². The van der Waals surface area contributed by atoms with Crippen LogP contribution in [0.5, 0.6) is 0 Å². The van der Waals surface area contributed by atoms with Crippen LogP contribution in [0.15, 0.2) is 45.9 Å². The summed E-state index contributed by atoms with van der Waals surface area (Å²) in [6.45, 7) is 10.8. The van der Waals surface area contributed by atoms with Gasteiger partial charge in [-0.1, -0.05) is 43.1 Å². The molecule has 1 rings (SSSR count). The largest absolute Gasteiger partial charge is 0.505 e. The molecule has 1 aliphatic carbocycles. The van der Waals surface area contributed by atoms with Crippen LogP contribution in [-0.2, 0) is 9.59 Å². The van der Waals surface area contributed by atoms with Crippen molar-refractivity contribution in [3.63, 3.8) is 0 Å². The molecule has 0 aromatic carbocycles. The second-order valence-electron chi connectivity index (χ2n) is 7.40. The summed E-state index contributed by atoms with van der Waals surface area (Å²) in [5.41, 5.74) is 3.52. The van der Waals surface area contributed by atoms with E-state index in [1.54, 1.807) is 0 Å². The molecule has 0 aromatic heterocycles. The van der Waals surface area contributed by atoms with Gasteiger partial charge in [0.15, 0.2) is 0 Å². The minimum absolute atomic E-state index is 0.0544. The van der Waals surface area contributed by atoms with Crippen LogP contribution in [0.2, 0.25) is 0 Å². The van der Waals surface area contributed by atoms with Crippen LogP contribution in [0.25, 0.3) is 0 Å². The number of ketones is 2. The first-order chi connectivity index (χ1) is 12.8. The van der Waals surface area contributed by atoms with Gasteiger partial charge in [-0.05, 0) is 59.8 Å². The van der Waals surface area contributed by atoms with E-state index < -0.39 is 11.6 Å². The Morgan fingerprint density at radius 2 is 1.67 bits per heavy atom. The number of rotatable bonds is 11. The second kappa shape index (κ2) is 11.6. The molecular formula is C23H35NO3. The van der Waals surface area contributed by atoms with E-state index in [0.717, 1.165) is 37.7 Å². The maximum Gasteiger partial charge on any atom is 0.233 e. The predicted octanol–water partition coefficient (Wildman–Crippen LogP) is 5.48. The first-order valence-corrected chi connectivity index (χ1v) is 10.1. The van der Waals surface area contributed by atoms with Gasteiger partial charge in [0.25, 0.3) is 0 Å². The number of aliphatic hydroxyl groups is 1. The Balaban J connectivity index is 3.05. The van der Waals surface area contributed by atoms with Gasteiger partial charge in [-0.25, -0.2) is 0 Å². The molecule has 0 heterocycles. The van der Waals surface area contributed by atoms with Crippen molar-refractivity contribution in [1.82, 2.24) is 5.32 Å². The molecule has 0 atom stereocenters. The van der Waals surface area contributed by atoms with Crippen LogP contribution >= 0.6 is 0 Å². The van der Waals surface area contributed by atoms with Crippen molar-refractivity contribution in [2.24, 2.45) is 0 Å². The van der Waals surface area contributed by atoms with Gasteiger partial charge in [0, 0.05) is 12.1 Å². The van der Waals surface area contributed by atoms with Gasteiger partial charge in [0.05, 0.1) is 11.3 Å². The highest BCUT2D eigenvalue weighted by Crippen LogP contribution is 2.28. The van der Waals surface area contributed by atoms with Crippen molar-refractivity contribution >= 4 is 11.6 Å². The number of likely N-dealkylation sites (N-methyl/N-ethyl adjacent to an activating group) is 1. The van der Waals surface area contributed by atoms with Gasteiger partial charge < -0.3 is 10.4 Å². The molecule has 0 saturated carbocycles. The summed E-state index contributed by atoms with van der Waals surface area (Å²) in [7, 11) is 0. The highest BCUT2D eigenvalue weighted by atomic mass is 16.3. The molecule has 0 aliphatic heterocycles. The molecule has 0 unspecified atom stereocenters. The predicted molar refractivity (Wildman–Crippen MR) is 112 cm³/mol. The summed E-state index contributed by atoms with van der Waals surface area (Å²) in [5, 5.41) is 13.8. The summed E-state index contributed by atoms with van der Waals surface area (Å²) in [6.07, 6.45) is 9.66. The number of allylic oxidation sites excluding steroid dienone is 6. The Hall–Kier alpha value is -2.10. The maximum absolute atomic E-state index is 12.6. The van der Waals surface area contributed by atoms with Gasteiger partial charge in [0.2, 0.25) is 11.6 Å². The van der Waals surface area contributed by atoms with Crippen molar-refractivity contribution < 1.29 is 14.7 Å². The van der Waals surface area contributed by atoms with Crippen LogP contribution < -0.4 is 5.32 Å². The lowest BCUT2D eigenvalue weighted by Crippen LogP contribution is -2.31. The number of carbonyl (C=O) groups is 2. The molecule has 27 heavy (non-hydrogen) atoms. The number of hydrogen-bond acceptors (Lipinski definition) is 4. The number of nitrogens with one attached hydrogen (secondary N) is 1. The summed E-state index contributed by atoms with van der Waals surface area (Å²) >= 11 is 0. The molecule has 4 nitrogen and oxygen atoms in total. The Morgan fingerprint density at radius 3 is 2.26 bits per heavy atom. The van der Waals surface area contributed by atoms with E-state index in [4.69, 9.17) is 0 Å². The average molecular weight is 374 g/mol. The quantitative estimate of drug-likeness (QED) is 0.218. The third kappa shape index (κ3) is 6.85. The van der Waals surface area contributed by atoms with Crippen LogP contribution in [-0.4, -0.2) is 23.2 Å². The number of unbranched alkanes of at least 4 members (excludes halogenated alkanes) is 2. The Labute approximate surface area is 164 Å². The third-order valence-corrected chi connectivity index (χ3v) is 4.71. The first-order valence-electron chi connectivity index (χ1n) is 10.1. The normalized spacial score (nSPS) is 15.5. The monoisotopic (exact) mass is 373 g/mol. The van der Waals surface area contributed by atoms with Gasteiger partial charge in [-0.3, -0.25) is 9.59 Å². The first kappa shape index (κ1) is 22.9. The number of aliphatic hydroxyl groups excluding tert-OH is 1. The van der Waals surface area contributed by atoms with E-state index in [-0.39, 0.29) is 17.8 Å². The summed E-state index contributed by atoms with van der Waals surface area (Å²) in [4.78, 5) is 25.2. The minimum Gasteiger partial charge on any atom is -0.505 e. The smallest absolute Gasteiger partial charge is 0.233 e. The lowest BCUT2D eigenvalue weighted by molar-refractivity contribution is -0.132. The highest BCUT2D eigenvalue weighted by Gasteiger charge is 2.33. The molecule has 0 amide bonds. The summed E-state index contributed by atoms with van der Waals surface area (Å²) in [5.74, 6) is -1.08. The standard InChI is InChI=1S/C23H35NO3/c1-6-8-9-13-18-20(24-7-2)21(25)19(23(27)22(18)26)15-14-17(5)12-10-11-16(3)4/h11,14,24-25H,6-10,12-13,15H2,1-5H3. The van der Waals surface area contributed by atoms with E-state index in [9.17, 15) is 14.7 Å². The fourth-order valence-electron chi connectivity index (χ4n) is 3.10. The van der Waals surface area contributed by atoms with Crippen molar-refractivity contribution in [2.45, 2.75) is 79.6 Å². The summed E-state index contributed by atoms with van der Waals surface area (Å²) in [6, 6.07) is 0. The molecule has 0 bridgehead atoms. The Morgan fingerprint density at radius 1 is 1.00 bits per heavy atom. The average Bonchev–Trinajstić information content (AvgIpc) is 2.61. The molecule has 2 N–H and O–H groups in total. The van der Waals surface area contributed by atoms with Gasteiger partial charge in [-0.15, -0.1) is 0 Å². The Kier molecular flexibility index (Phi) is 9.84. The molecule has 4 heteroatoms. The topological polar surface area (TPSA) is 66.4 Å². The van der Waals surface area contributed by atoms with E-state index in [1.165, 1.54) is 5.57 Å². The fourth-order valence-corrected chi connectivity index (χ4v) is 3.10. The lowest BCUT2D eigenvalue weighted by Gasteiger charge is -2.22. The maximum atomic E-state index is 12.6. The van der Waals surface area contributed by atoms with E-state index in [1.807, 2.05) is 19.9 Å². The molecule has 1 aliphatic rings. The van der Waals surface area contributed by atoms with Crippen molar-refractivity contribution in [3.8, 4) is 0 Å². The van der Waals surface area contributed by atoms with E-state index >= 15 is 0 Å². The van der Waals surface area contributed by atoms with Crippen molar-refractivity contribution in [3.05, 3.63) is 45.9 Å². The zero-order chi connectivity index (χ0) is 20.4. The molecule has 0 spiro atoms. The zero-order valence-electron chi connectivity index (χ0n) is 17.6. The molecule has 0 fully saturated rings. The van der Waals surface area contributed by atoms with Crippen LogP contribution in [0, 0.1) is 0 Å². The van der Waals surface area contributed by atoms with Gasteiger partial charge in [-0.2, -0.15) is 0 Å². The number of Topliss-reactive ketones (excluding diaryl/α,β-unsaturated/α-hetero) is 2. The summed E-state index contributed by atoms with van der Waals surface area (Å²) < 4.78 is 0. The molecular weight excluding hydrogens is 338 g/mol. The SMILES string of the molecule is CCCCCC1=C(NCC)C(O)=C(CC=C(C)CCC=C(C)C)C(=O)C1=O. The molecule has 0 radical (unpaired) electrons. The van der Waals surface area contributed by atoms with E-state index in [0.29, 0.717) is 24.2 Å². The zero-order valence-corrected chi connectivity index (χ0v) is 17.6. The lowest BCUT2D eigenvalue weighted by atomic mass is 9.87. The fraction of sp³-hybridized carbons (Fsp3) is 0.565. The van der Waals surface area contributed by atoms with Crippen molar-refractivity contribution in [1.29, 1.82) is 0 Å². The number of hydrogen-bond donors (Lipinski definition) is 2. The van der Waals surface area contributed by atoms with Crippen molar-refractivity contribution in [2.75, 3.05) is 6.54 Å². The van der Waals surface area contributed by atoms with Crippen LogP contribution in [0.1, 0.15) is 79.6 Å². The second-order valence-corrected chi connectivity index (χ2v) is 7.40. The highest BCUT2D eigenvalue weighted by molar-refractivity contribution is 6.50. The Bertz CT molecular complexity index is 674. The van der Waals surface area contributed by atoms with E-state index in [2.05, 4.69) is 32.2 Å². The molecule has 0 saturated heterocycles. The molecule has 150 valence electrons.